The van der Waals surface area contributed by atoms with E-state index in [1.54, 1.807) is 11.3 Å². The lowest BCUT2D eigenvalue weighted by Crippen LogP contribution is -2.38. The highest BCUT2D eigenvalue weighted by atomic mass is 35.5. The van der Waals surface area contributed by atoms with Crippen LogP contribution in [0.1, 0.15) is 17.3 Å². The van der Waals surface area contributed by atoms with Crippen LogP contribution in [0.15, 0.2) is 22.5 Å². The van der Waals surface area contributed by atoms with Crippen LogP contribution < -0.4 is 11.1 Å². The highest BCUT2D eigenvalue weighted by Gasteiger charge is 2.15. The van der Waals surface area contributed by atoms with E-state index in [1.807, 2.05) is 0 Å². The Balaban J connectivity index is 0.000000845. The number of rotatable bonds is 1. The second-order valence-corrected chi connectivity index (χ2v) is 3.75. The second-order valence-electron chi connectivity index (χ2n) is 2.77. The van der Waals surface area contributed by atoms with E-state index in [1.165, 1.54) is 4.88 Å². The van der Waals surface area contributed by atoms with Crippen molar-refractivity contribution in [2.75, 3.05) is 6.54 Å². The van der Waals surface area contributed by atoms with Crippen molar-refractivity contribution in [2.45, 2.75) is 12.5 Å². The molecule has 0 saturated carbocycles. The number of halogens is 1. The van der Waals surface area contributed by atoms with E-state index in [2.05, 4.69) is 27.8 Å². The molecule has 0 saturated heterocycles. The van der Waals surface area contributed by atoms with Crippen LogP contribution in [0.4, 0.5) is 0 Å². The molecule has 3 nitrogen and oxygen atoms in total. The summed E-state index contributed by atoms with van der Waals surface area (Å²) in [6.45, 7) is 0.835. The topological polar surface area (TPSA) is 50.4 Å². The third-order valence-electron chi connectivity index (χ3n) is 1.91. The standard InChI is InChI=1S/C8H11N3S.ClH/c9-8-10-4-3-6(11-8)7-2-1-5-12-7;/h1-2,5-6H,3-4H2,(H3,9,10,11);1H. The van der Waals surface area contributed by atoms with Gasteiger partial charge in [-0.05, 0) is 17.9 Å². The number of nitrogens with zero attached hydrogens (tertiary/aromatic N) is 1. The number of nitrogens with two attached hydrogens (primary N) is 1. The van der Waals surface area contributed by atoms with Crippen molar-refractivity contribution < 1.29 is 0 Å². The second kappa shape index (κ2) is 4.48. The van der Waals surface area contributed by atoms with Gasteiger partial charge in [-0.15, -0.1) is 23.7 Å². The summed E-state index contributed by atoms with van der Waals surface area (Å²) < 4.78 is 0. The normalized spacial score (nSPS) is 21.2. The van der Waals surface area contributed by atoms with Gasteiger partial charge < -0.3 is 11.1 Å². The molecule has 1 unspecified atom stereocenters. The quantitative estimate of drug-likeness (QED) is 0.750. The summed E-state index contributed by atoms with van der Waals surface area (Å²) in [7, 11) is 0. The van der Waals surface area contributed by atoms with Crippen LogP contribution >= 0.6 is 23.7 Å². The minimum Gasteiger partial charge on any atom is -0.370 e. The van der Waals surface area contributed by atoms with Crippen LogP contribution in [0.3, 0.4) is 0 Å². The Morgan fingerprint density at radius 2 is 2.46 bits per heavy atom. The fourth-order valence-corrected chi connectivity index (χ4v) is 2.13. The molecule has 3 N–H and O–H groups in total. The van der Waals surface area contributed by atoms with Crippen LogP contribution in [0.25, 0.3) is 0 Å². The molecule has 0 aromatic carbocycles. The monoisotopic (exact) mass is 217 g/mol. The van der Waals surface area contributed by atoms with Gasteiger partial charge in [-0.25, -0.2) is 0 Å². The van der Waals surface area contributed by atoms with E-state index in [0.29, 0.717) is 12.0 Å². The molecule has 5 heteroatoms. The molecule has 1 aliphatic heterocycles. The lowest BCUT2D eigenvalue weighted by atomic mass is 10.1. The molecule has 0 bridgehead atoms. The molecule has 0 radical (unpaired) electrons. The minimum atomic E-state index is 0. The Kier molecular flexibility index (Phi) is 3.57. The molecule has 0 amide bonds. The molecule has 1 atom stereocenters. The van der Waals surface area contributed by atoms with E-state index in [-0.39, 0.29) is 12.4 Å². The summed E-state index contributed by atoms with van der Waals surface area (Å²) >= 11 is 1.76. The summed E-state index contributed by atoms with van der Waals surface area (Å²) in [5, 5.41) is 5.24. The van der Waals surface area contributed by atoms with E-state index in [0.717, 1.165) is 13.0 Å². The maximum Gasteiger partial charge on any atom is 0.189 e. The average molecular weight is 218 g/mol. The number of nitrogens with one attached hydrogen (secondary N) is 1. The molecule has 1 aromatic heterocycles. The van der Waals surface area contributed by atoms with Crippen molar-refractivity contribution in [1.82, 2.24) is 5.32 Å². The summed E-state index contributed by atoms with van der Waals surface area (Å²) in [5.74, 6) is 0.569. The summed E-state index contributed by atoms with van der Waals surface area (Å²) in [5.41, 5.74) is 5.57. The number of thiophene rings is 1. The van der Waals surface area contributed by atoms with Crippen molar-refractivity contribution in [1.29, 1.82) is 0 Å². The first-order valence-corrected chi connectivity index (χ1v) is 4.84. The van der Waals surface area contributed by atoms with Crippen LogP contribution in [-0.2, 0) is 0 Å². The molecule has 72 valence electrons. The molecule has 13 heavy (non-hydrogen) atoms. The predicted octanol–water partition coefficient (Wildman–Crippen LogP) is 1.52. The Hall–Kier alpha value is -0.740. The van der Waals surface area contributed by atoms with E-state index in [4.69, 9.17) is 5.73 Å². The molecule has 0 spiro atoms. The summed E-state index contributed by atoms with van der Waals surface area (Å²) in [6, 6.07) is 4.56. The van der Waals surface area contributed by atoms with Crippen molar-refractivity contribution in [3.8, 4) is 0 Å². The van der Waals surface area contributed by atoms with Crippen molar-refractivity contribution in [3.05, 3.63) is 22.4 Å². The Morgan fingerprint density at radius 3 is 3.08 bits per heavy atom. The Bertz CT molecular complexity index is 284. The van der Waals surface area contributed by atoms with Crippen LogP contribution in [-0.4, -0.2) is 12.5 Å². The van der Waals surface area contributed by atoms with Gasteiger partial charge in [0, 0.05) is 11.4 Å². The number of hydrogen-bond acceptors (Lipinski definition) is 4. The van der Waals surface area contributed by atoms with Crippen molar-refractivity contribution in [2.24, 2.45) is 10.7 Å². The van der Waals surface area contributed by atoms with Gasteiger partial charge in [0.2, 0.25) is 0 Å². The third kappa shape index (κ3) is 2.35. The van der Waals surface area contributed by atoms with E-state index < -0.39 is 0 Å². The number of hydrogen-bond donors (Lipinski definition) is 2. The zero-order valence-corrected chi connectivity index (χ0v) is 8.70. The Labute approximate surface area is 87.5 Å². The SMILES string of the molecule is Cl.NC1=NCCC(c2cccs2)N1. The van der Waals surface area contributed by atoms with Crippen molar-refractivity contribution >= 4 is 29.7 Å². The molecule has 0 aliphatic carbocycles. The molecule has 1 aromatic rings. The molecular formula is C8H12ClN3S. The molecule has 0 fully saturated rings. The van der Waals surface area contributed by atoms with Gasteiger partial charge in [0.1, 0.15) is 0 Å². The van der Waals surface area contributed by atoms with E-state index in [9.17, 15) is 0 Å². The smallest absolute Gasteiger partial charge is 0.189 e. The fourth-order valence-electron chi connectivity index (χ4n) is 1.31. The van der Waals surface area contributed by atoms with Gasteiger partial charge in [0.05, 0.1) is 6.04 Å². The first kappa shape index (κ1) is 10.3. The summed E-state index contributed by atoms with van der Waals surface area (Å²) in [6.07, 6.45) is 1.04. The summed E-state index contributed by atoms with van der Waals surface area (Å²) in [4.78, 5) is 5.42. The zero-order valence-electron chi connectivity index (χ0n) is 7.06. The Morgan fingerprint density at radius 1 is 1.62 bits per heavy atom. The first-order valence-electron chi connectivity index (χ1n) is 3.96. The van der Waals surface area contributed by atoms with Gasteiger partial charge in [-0.2, -0.15) is 0 Å². The first-order chi connectivity index (χ1) is 5.86. The molecule has 2 rings (SSSR count). The molecule has 2 heterocycles. The van der Waals surface area contributed by atoms with Crippen LogP contribution in [0.2, 0.25) is 0 Å². The van der Waals surface area contributed by atoms with Crippen molar-refractivity contribution in [3.63, 3.8) is 0 Å². The maximum absolute atomic E-state index is 5.57. The highest BCUT2D eigenvalue weighted by molar-refractivity contribution is 7.10. The third-order valence-corrected chi connectivity index (χ3v) is 2.89. The average Bonchev–Trinajstić information content (AvgIpc) is 2.56. The van der Waals surface area contributed by atoms with Gasteiger partial charge in [0.25, 0.3) is 0 Å². The van der Waals surface area contributed by atoms with E-state index >= 15 is 0 Å². The fraction of sp³-hybridized carbons (Fsp3) is 0.375. The lowest BCUT2D eigenvalue weighted by molar-refractivity contribution is 0.577. The minimum absolute atomic E-state index is 0. The highest BCUT2D eigenvalue weighted by Crippen LogP contribution is 2.23. The van der Waals surface area contributed by atoms with Crippen LogP contribution in [0, 0.1) is 0 Å². The van der Waals surface area contributed by atoms with Gasteiger partial charge in [-0.1, -0.05) is 6.07 Å². The molecular weight excluding hydrogens is 206 g/mol. The number of guanidine groups is 1. The van der Waals surface area contributed by atoms with Gasteiger partial charge >= 0.3 is 0 Å². The molecule has 1 aliphatic rings. The van der Waals surface area contributed by atoms with Gasteiger partial charge in [0.15, 0.2) is 5.96 Å². The van der Waals surface area contributed by atoms with Gasteiger partial charge in [-0.3, -0.25) is 4.99 Å². The number of aliphatic imine (C=N–C) groups is 1. The maximum atomic E-state index is 5.57. The lowest BCUT2D eigenvalue weighted by Gasteiger charge is -2.21. The van der Waals surface area contributed by atoms with Crippen LogP contribution in [0.5, 0.6) is 0 Å². The predicted molar refractivity (Wildman–Crippen MR) is 58.6 cm³/mol. The zero-order chi connectivity index (χ0) is 8.39. The largest absolute Gasteiger partial charge is 0.370 e.